The van der Waals surface area contributed by atoms with Crippen molar-refractivity contribution in [2.75, 3.05) is 30.3 Å². The first-order chi connectivity index (χ1) is 16.7. The van der Waals surface area contributed by atoms with Gasteiger partial charge in [0, 0.05) is 24.7 Å². The fourth-order valence-corrected chi connectivity index (χ4v) is 4.47. The molecule has 3 rings (SSSR count). The highest BCUT2D eigenvalue weighted by molar-refractivity contribution is 5.57. The van der Waals surface area contributed by atoms with Gasteiger partial charge in [-0.25, -0.2) is 4.98 Å². The highest BCUT2D eigenvalue weighted by atomic mass is 19.4. The summed E-state index contributed by atoms with van der Waals surface area (Å²) in [5, 5.41) is 17.4. The molecular formula is C23H31F3N6O3. The van der Waals surface area contributed by atoms with Gasteiger partial charge >= 0.3 is 12.0 Å². The molecule has 1 aromatic heterocycles. The molecule has 0 amide bonds. The fraction of sp³-hybridized carbons (Fsp3) is 0.565. The molecule has 1 heterocycles. The van der Waals surface area contributed by atoms with Gasteiger partial charge in [0.25, 0.3) is 0 Å². The van der Waals surface area contributed by atoms with Crippen molar-refractivity contribution in [3.8, 4) is 5.75 Å². The smallest absolute Gasteiger partial charge is 0.405 e. The molecule has 0 atom stereocenters. The predicted molar refractivity (Wildman–Crippen MR) is 126 cm³/mol. The Balaban J connectivity index is 1.63. The van der Waals surface area contributed by atoms with Gasteiger partial charge in [-0.15, -0.1) is 13.2 Å². The number of nitrogens with zero attached hydrogens (tertiary/aromatic N) is 4. The highest BCUT2D eigenvalue weighted by Crippen LogP contribution is 2.30. The van der Waals surface area contributed by atoms with Gasteiger partial charge in [-0.2, -0.15) is 4.98 Å². The Bertz CT molecular complexity index is 979. The van der Waals surface area contributed by atoms with Crippen LogP contribution < -0.4 is 15.4 Å². The SMILES string of the molecule is CCN(CC)[C@H]1CC[C@H](CNc2nc(NCc3ccccc3OC(F)(F)F)ncc2[N+](=O)[O-])CC1. The molecule has 0 bridgehead atoms. The minimum absolute atomic E-state index is 0.0567. The van der Waals surface area contributed by atoms with Crippen molar-refractivity contribution >= 4 is 17.5 Å². The Morgan fingerprint density at radius 2 is 1.83 bits per heavy atom. The second-order valence-electron chi connectivity index (χ2n) is 8.47. The molecule has 1 aromatic carbocycles. The van der Waals surface area contributed by atoms with E-state index in [9.17, 15) is 23.3 Å². The Morgan fingerprint density at radius 1 is 1.14 bits per heavy atom. The zero-order valence-corrected chi connectivity index (χ0v) is 19.8. The molecule has 0 unspecified atom stereocenters. The quantitative estimate of drug-likeness (QED) is 0.323. The maximum atomic E-state index is 12.7. The van der Waals surface area contributed by atoms with Crippen molar-refractivity contribution in [2.24, 2.45) is 5.92 Å². The summed E-state index contributed by atoms with van der Waals surface area (Å²) in [7, 11) is 0. The van der Waals surface area contributed by atoms with Crippen LogP contribution in [0, 0.1) is 16.0 Å². The van der Waals surface area contributed by atoms with Crippen molar-refractivity contribution in [1.82, 2.24) is 14.9 Å². The standard InChI is InChI=1S/C23H31F3N6O3/c1-3-31(4-2)18-11-9-16(10-12-18)13-27-21-19(32(33)34)15-29-22(30-21)28-14-17-7-5-6-8-20(17)35-23(24,25)26/h5-8,15-16,18H,3-4,9-14H2,1-2H3,(H2,27,28,29,30)/t16-,18-. The summed E-state index contributed by atoms with van der Waals surface area (Å²) in [6.07, 6.45) is 0.495. The Hall–Kier alpha value is -3.15. The number of para-hydroxylation sites is 1. The molecule has 0 spiro atoms. The van der Waals surface area contributed by atoms with Crippen LogP contribution in [0.5, 0.6) is 5.75 Å². The molecule has 0 radical (unpaired) electrons. The third-order valence-electron chi connectivity index (χ3n) is 6.30. The zero-order valence-electron chi connectivity index (χ0n) is 19.8. The van der Waals surface area contributed by atoms with Gasteiger partial charge in [0.15, 0.2) is 0 Å². The van der Waals surface area contributed by atoms with Gasteiger partial charge in [0.2, 0.25) is 11.8 Å². The molecule has 35 heavy (non-hydrogen) atoms. The van der Waals surface area contributed by atoms with E-state index in [0.717, 1.165) is 45.0 Å². The molecule has 12 heteroatoms. The summed E-state index contributed by atoms with van der Waals surface area (Å²) in [6.45, 7) is 6.88. The Kier molecular flexibility index (Phi) is 9.07. The van der Waals surface area contributed by atoms with Gasteiger partial charge in [-0.05, 0) is 50.8 Å². The van der Waals surface area contributed by atoms with E-state index in [4.69, 9.17) is 0 Å². The van der Waals surface area contributed by atoms with Crippen LogP contribution in [-0.2, 0) is 6.54 Å². The molecule has 9 nitrogen and oxygen atoms in total. The summed E-state index contributed by atoms with van der Waals surface area (Å²) >= 11 is 0. The third-order valence-corrected chi connectivity index (χ3v) is 6.30. The number of alkyl halides is 3. The molecule has 0 aliphatic heterocycles. The number of nitrogens with one attached hydrogen (secondary N) is 2. The van der Waals surface area contributed by atoms with Crippen molar-refractivity contribution in [3.63, 3.8) is 0 Å². The zero-order chi connectivity index (χ0) is 25.4. The summed E-state index contributed by atoms with van der Waals surface area (Å²) in [6, 6.07) is 6.29. The molecule has 1 aliphatic rings. The van der Waals surface area contributed by atoms with E-state index in [1.165, 1.54) is 18.2 Å². The number of anilines is 2. The highest BCUT2D eigenvalue weighted by Gasteiger charge is 2.32. The summed E-state index contributed by atoms with van der Waals surface area (Å²) in [5.74, 6) is 0.176. The van der Waals surface area contributed by atoms with Crippen LogP contribution in [0.1, 0.15) is 45.1 Å². The molecule has 2 N–H and O–H groups in total. The summed E-state index contributed by atoms with van der Waals surface area (Å²) < 4.78 is 42.0. The monoisotopic (exact) mass is 496 g/mol. The van der Waals surface area contributed by atoms with Crippen LogP contribution in [0.15, 0.2) is 30.5 Å². The molecule has 0 saturated heterocycles. The fourth-order valence-electron chi connectivity index (χ4n) is 4.47. The first-order valence-electron chi connectivity index (χ1n) is 11.8. The predicted octanol–water partition coefficient (Wildman–Crippen LogP) is 5.21. The van der Waals surface area contributed by atoms with Gasteiger partial charge in [0.1, 0.15) is 11.9 Å². The molecule has 192 valence electrons. The number of benzene rings is 1. The van der Waals surface area contributed by atoms with Crippen LogP contribution in [0.2, 0.25) is 0 Å². The average Bonchev–Trinajstić information content (AvgIpc) is 2.82. The van der Waals surface area contributed by atoms with Crippen LogP contribution in [0.4, 0.5) is 30.6 Å². The topological polar surface area (TPSA) is 105 Å². The second kappa shape index (κ2) is 12.0. The van der Waals surface area contributed by atoms with Crippen molar-refractivity contribution in [1.29, 1.82) is 0 Å². The normalized spacial score (nSPS) is 18.3. The third kappa shape index (κ3) is 7.67. The maximum absolute atomic E-state index is 12.7. The van der Waals surface area contributed by atoms with E-state index in [-0.39, 0.29) is 35.3 Å². The van der Waals surface area contributed by atoms with E-state index in [1.54, 1.807) is 6.07 Å². The van der Waals surface area contributed by atoms with Crippen LogP contribution in [-0.4, -0.2) is 51.8 Å². The maximum Gasteiger partial charge on any atom is 0.573 e. The number of halogens is 3. The van der Waals surface area contributed by atoms with Crippen LogP contribution >= 0.6 is 0 Å². The van der Waals surface area contributed by atoms with Crippen LogP contribution in [0.3, 0.4) is 0 Å². The lowest BCUT2D eigenvalue weighted by molar-refractivity contribution is -0.384. The van der Waals surface area contributed by atoms with E-state index >= 15 is 0 Å². The Labute approximate surface area is 202 Å². The molecule has 1 aliphatic carbocycles. The van der Waals surface area contributed by atoms with Gasteiger partial charge in [-0.3, -0.25) is 10.1 Å². The van der Waals surface area contributed by atoms with Gasteiger partial charge < -0.3 is 20.3 Å². The Morgan fingerprint density at radius 3 is 2.46 bits per heavy atom. The number of rotatable bonds is 11. The van der Waals surface area contributed by atoms with Crippen molar-refractivity contribution < 1.29 is 22.8 Å². The first kappa shape index (κ1) is 26.5. The summed E-state index contributed by atoms with van der Waals surface area (Å²) in [5.41, 5.74) is -0.0144. The van der Waals surface area contributed by atoms with Crippen molar-refractivity contribution in [3.05, 3.63) is 46.1 Å². The lowest BCUT2D eigenvalue weighted by atomic mass is 9.85. The average molecular weight is 497 g/mol. The van der Waals surface area contributed by atoms with Crippen molar-refractivity contribution in [2.45, 2.75) is 58.5 Å². The second-order valence-corrected chi connectivity index (χ2v) is 8.47. The van der Waals surface area contributed by atoms with E-state index in [0.29, 0.717) is 18.5 Å². The molecule has 1 fully saturated rings. The lowest BCUT2D eigenvalue weighted by Gasteiger charge is -2.35. The number of hydrogen-bond donors (Lipinski definition) is 2. The summed E-state index contributed by atoms with van der Waals surface area (Å²) in [4.78, 5) is 21.5. The first-order valence-corrected chi connectivity index (χ1v) is 11.8. The van der Waals surface area contributed by atoms with E-state index < -0.39 is 11.3 Å². The minimum atomic E-state index is -4.82. The lowest BCUT2D eigenvalue weighted by Crippen LogP contribution is -2.38. The number of ether oxygens (including phenoxy) is 1. The molecular weight excluding hydrogens is 465 g/mol. The largest absolute Gasteiger partial charge is 0.573 e. The van der Waals surface area contributed by atoms with Gasteiger partial charge in [-0.1, -0.05) is 32.0 Å². The number of hydrogen-bond acceptors (Lipinski definition) is 8. The van der Waals surface area contributed by atoms with Crippen LogP contribution in [0.25, 0.3) is 0 Å². The van der Waals surface area contributed by atoms with Gasteiger partial charge in [0.05, 0.1) is 4.92 Å². The number of nitro groups is 1. The molecule has 1 saturated carbocycles. The number of aromatic nitrogens is 2. The minimum Gasteiger partial charge on any atom is -0.405 e. The molecule has 2 aromatic rings. The van der Waals surface area contributed by atoms with E-state index in [2.05, 4.69) is 44.1 Å². The van der Waals surface area contributed by atoms with E-state index in [1.807, 2.05) is 0 Å².